The van der Waals surface area contributed by atoms with E-state index in [0.717, 1.165) is 17.8 Å². The van der Waals surface area contributed by atoms with Crippen LogP contribution in [0, 0.1) is 19.8 Å². The second-order valence-electron chi connectivity index (χ2n) is 5.83. The van der Waals surface area contributed by atoms with E-state index in [9.17, 15) is 4.79 Å². The molecule has 0 unspecified atom stereocenters. The van der Waals surface area contributed by atoms with Gasteiger partial charge in [0.25, 0.3) is 0 Å². The number of aromatic nitrogens is 1. The summed E-state index contributed by atoms with van der Waals surface area (Å²) in [5, 5.41) is 3.23. The summed E-state index contributed by atoms with van der Waals surface area (Å²) in [4.78, 5) is 12.2. The second kappa shape index (κ2) is 5.27. The smallest absolute Gasteiger partial charge is 0.178 e. The lowest BCUT2D eigenvalue weighted by Crippen LogP contribution is -2.26. The van der Waals surface area contributed by atoms with Crippen molar-refractivity contribution in [2.45, 2.75) is 46.6 Å². The van der Waals surface area contributed by atoms with E-state index in [4.69, 9.17) is 0 Å². The van der Waals surface area contributed by atoms with Gasteiger partial charge in [0.15, 0.2) is 5.78 Å². The van der Waals surface area contributed by atoms with Gasteiger partial charge in [-0.2, -0.15) is 0 Å². The average Bonchev–Trinajstić information content (AvgIpc) is 3.05. The van der Waals surface area contributed by atoms with Crippen LogP contribution in [0.25, 0.3) is 0 Å². The molecule has 3 heteroatoms. The van der Waals surface area contributed by atoms with Gasteiger partial charge in [-0.3, -0.25) is 4.79 Å². The van der Waals surface area contributed by atoms with Gasteiger partial charge in [-0.1, -0.05) is 13.8 Å². The fourth-order valence-electron chi connectivity index (χ4n) is 2.52. The highest BCUT2D eigenvalue weighted by Crippen LogP contribution is 2.38. The van der Waals surface area contributed by atoms with Crippen LogP contribution in [-0.4, -0.2) is 23.4 Å². The molecule has 0 radical (unpaired) electrons. The zero-order valence-corrected chi connectivity index (χ0v) is 11.9. The van der Waals surface area contributed by atoms with Crippen LogP contribution in [0.15, 0.2) is 6.07 Å². The highest BCUT2D eigenvalue weighted by Gasteiger charge is 2.28. The number of hydrogen-bond donors (Lipinski definition) is 1. The predicted molar refractivity (Wildman–Crippen MR) is 74.2 cm³/mol. The van der Waals surface area contributed by atoms with Crippen LogP contribution in [0.2, 0.25) is 0 Å². The molecular formula is C15H24N2O. The van der Waals surface area contributed by atoms with E-state index in [2.05, 4.69) is 37.6 Å². The molecule has 0 spiro atoms. The Hall–Kier alpha value is -1.09. The number of carbonyl (C=O) groups is 1. The maximum atomic E-state index is 12.2. The van der Waals surface area contributed by atoms with Crippen molar-refractivity contribution in [1.82, 2.24) is 9.88 Å². The Labute approximate surface area is 110 Å². The zero-order valence-electron chi connectivity index (χ0n) is 11.9. The SMILES string of the molecule is Cc1cc(C(=O)CNCC(C)C)c(C)n1C1CC1. The van der Waals surface area contributed by atoms with Crippen molar-refractivity contribution in [2.24, 2.45) is 5.92 Å². The summed E-state index contributed by atoms with van der Waals surface area (Å²) in [7, 11) is 0. The quantitative estimate of drug-likeness (QED) is 0.785. The Kier molecular flexibility index (Phi) is 3.91. The number of nitrogens with one attached hydrogen (secondary N) is 1. The number of hydrogen-bond acceptors (Lipinski definition) is 2. The number of ketones is 1. The Bertz CT molecular complexity index is 442. The van der Waals surface area contributed by atoms with Crippen molar-refractivity contribution in [1.29, 1.82) is 0 Å². The molecule has 2 rings (SSSR count). The molecule has 1 aliphatic rings. The van der Waals surface area contributed by atoms with Crippen LogP contribution in [0.5, 0.6) is 0 Å². The van der Waals surface area contributed by atoms with E-state index in [1.54, 1.807) is 0 Å². The molecule has 0 atom stereocenters. The monoisotopic (exact) mass is 248 g/mol. The molecule has 0 saturated heterocycles. The lowest BCUT2D eigenvalue weighted by atomic mass is 10.1. The van der Waals surface area contributed by atoms with Crippen LogP contribution >= 0.6 is 0 Å². The Balaban J connectivity index is 2.04. The summed E-state index contributed by atoms with van der Waals surface area (Å²) in [6, 6.07) is 2.70. The summed E-state index contributed by atoms with van der Waals surface area (Å²) in [6.07, 6.45) is 2.52. The molecule has 0 amide bonds. The first-order valence-electron chi connectivity index (χ1n) is 6.93. The number of Topliss-reactive ketones (excluding diaryl/α,β-unsaturated/α-hetero) is 1. The summed E-state index contributed by atoms with van der Waals surface area (Å²) < 4.78 is 2.33. The Morgan fingerprint density at radius 2 is 2.11 bits per heavy atom. The van der Waals surface area contributed by atoms with Crippen molar-refractivity contribution in [3.63, 3.8) is 0 Å². The van der Waals surface area contributed by atoms with E-state index in [1.807, 2.05) is 6.07 Å². The minimum absolute atomic E-state index is 0.218. The lowest BCUT2D eigenvalue weighted by Gasteiger charge is -2.08. The number of aryl methyl sites for hydroxylation is 1. The van der Waals surface area contributed by atoms with Gasteiger partial charge in [-0.25, -0.2) is 0 Å². The first kappa shape index (κ1) is 13.3. The zero-order chi connectivity index (χ0) is 13.3. The average molecular weight is 248 g/mol. The topological polar surface area (TPSA) is 34.0 Å². The highest BCUT2D eigenvalue weighted by atomic mass is 16.1. The standard InChI is InChI=1S/C15H24N2O/c1-10(2)8-16-9-15(18)14-7-11(3)17(12(14)4)13-5-6-13/h7,10,13,16H,5-6,8-9H2,1-4H3. The molecule has 100 valence electrons. The molecule has 1 aliphatic carbocycles. The third-order valence-electron chi connectivity index (χ3n) is 3.53. The number of nitrogens with zero attached hydrogens (tertiary/aromatic N) is 1. The normalized spacial score (nSPS) is 15.4. The van der Waals surface area contributed by atoms with E-state index < -0.39 is 0 Å². The van der Waals surface area contributed by atoms with Gasteiger partial charge in [0.05, 0.1) is 6.54 Å². The molecule has 1 fully saturated rings. The largest absolute Gasteiger partial charge is 0.345 e. The molecule has 0 aliphatic heterocycles. The minimum Gasteiger partial charge on any atom is -0.345 e. The molecule has 1 aromatic heterocycles. The van der Waals surface area contributed by atoms with Crippen LogP contribution in [0.3, 0.4) is 0 Å². The van der Waals surface area contributed by atoms with Gasteiger partial charge in [-0.05, 0) is 45.2 Å². The molecule has 1 aromatic rings. The second-order valence-corrected chi connectivity index (χ2v) is 5.83. The third kappa shape index (κ3) is 2.83. The minimum atomic E-state index is 0.218. The van der Waals surface area contributed by atoms with Gasteiger partial charge in [0, 0.05) is 23.0 Å². The molecule has 18 heavy (non-hydrogen) atoms. The summed E-state index contributed by atoms with van der Waals surface area (Å²) in [5.74, 6) is 0.798. The molecule has 0 aromatic carbocycles. The predicted octanol–water partition coefficient (Wildman–Crippen LogP) is 2.87. The van der Waals surface area contributed by atoms with Crippen molar-refractivity contribution in [3.05, 3.63) is 23.0 Å². The maximum absolute atomic E-state index is 12.2. The number of carbonyl (C=O) groups excluding carboxylic acids is 1. The molecular weight excluding hydrogens is 224 g/mol. The highest BCUT2D eigenvalue weighted by molar-refractivity contribution is 5.99. The summed E-state index contributed by atoms with van der Waals surface area (Å²) in [6.45, 7) is 9.82. The molecule has 0 bridgehead atoms. The summed E-state index contributed by atoms with van der Waals surface area (Å²) in [5.41, 5.74) is 3.27. The van der Waals surface area contributed by atoms with Crippen molar-refractivity contribution >= 4 is 5.78 Å². The third-order valence-corrected chi connectivity index (χ3v) is 3.53. The van der Waals surface area contributed by atoms with Gasteiger partial charge < -0.3 is 9.88 Å². The molecule has 1 N–H and O–H groups in total. The van der Waals surface area contributed by atoms with Crippen LogP contribution in [0.4, 0.5) is 0 Å². The van der Waals surface area contributed by atoms with Crippen LogP contribution in [0.1, 0.15) is 54.5 Å². The van der Waals surface area contributed by atoms with E-state index in [-0.39, 0.29) is 5.78 Å². The van der Waals surface area contributed by atoms with Gasteiger partial charge in [-0.15, -0.1) is 0 Å². The van der Waals surface area contributed by atoms with Gasteiger partial charge in [0.1, 0.15) is 0 Å². The molecule has 1 heterocycles. The molecule has 3 nitrogen and oxygen atoms in total. The fraction of sp³-hybridized carbons (Fsp3) is 0.667. The lowest BCUT2D eigenvalue weighted by molar-refractivity contribution is 0.0989. The maximum Gasteiger partial charge on any atom is 0.178 e. The first-order chi connectivity index (χ1) is 8.50. The summed E-state index contributed by atoms with van der Waals surface area (Å²) >= 11 is 0. The fourth-order valence-corrected chi connectivity index (χ4v) is 2.52. The van der Waals surface area contributed by atoms with Crippen molar-refractivity contribution in [2.75, 3.05) is 13.1 Å². The molecule has 1 saturated carbocycles. The van der Waals surface area contributed by atoms with E-state index in [0.29, 0.717) is 18.5 Å². The van der Waals surface area contributed by atoms with Crippen LogP contribution < -0.4 is 5.32 Å². The van der Waals surface area contributed by atoms with Crippen LogP contribution in [-0.2, 0) is 0 Å². The van der Waals surface area contributed by atoms with Crippen molar-refractivity contribution < 1.29 is 4.79 Å². The van der Waals surface area contributed by atoms with Crippen molar-refractivity contribution in [3.8, 4) is 0 Å². The van der Waals surface area contributed by atoms with E-state index in [1.165, 1.54) is 18.5 Å². The number of rotatable bonds is 6. The van der Waals surface area contributed by atoms with E-state index >= 15 is 0 Å². The van der Waals surface area contributed by atoms with Gasteiger partial charge in [0.2, 0.25) is 0 Å². The Morgan fingerprint density at radius 3 is 2.67 bits per heavy atom. The first-order valence-corrected chi connectivity index (χ1v) is 6.93. The van der Waals surface area contributed by atoms with Gasteiger partial charge >= 0.3 is 0 Å². The Morgan fingerprint density at radius 1 is 1.44 bits per heavy atom.